The van der Waals surface area contributed by atoms with E-state index in [9.17, 15) is 4.79 Å². The molecular weight excluding hydrogens is 304 g/mol. The lowest BCUT2D eigenvalue weighted by Gasteiger charge is -2.37. The smallest absolute Gasteiger partial charge is 0.315 e. The van der Waals surface area contributed by atoms with E-state index >= 15 is 0 Å². The maximum atomic E-state index is 12.0. The number of hydrogen-bond donors (Lipinski definition) is 2. The zero-order valence-corrected chi connectivity index (χ0v) is 15.2. The molecule has 6 heteroatoms. The first-order valence-corrected chi connectivity index (χ1v) is 8.56. The summed E-state index contributed by atoms with van der Waals surface area (Å²) >= 11 is 0. The summed E-state index contributed by atoms with van der Waals surface area (Å²) in [5.74, 6) is 0.830. The van der Waals surface area contributed by atoms with E-state index in [4.69, 9.17) is 4.74 Å². The van der Waals surface area contributed by atoms with Gasteiger partial charge < -0.3 is 20.3 Å². The quantitative estimate of drug-likeness (QED) is 0.824. The van der Waals surface area contributed by atoms with E-state index < -0.39 is 0 Å². The Kier molecular flexibility index (Phi) is 6.87. The van der Waals surface area contributed by atoms with E-state index in [1.807, 2.05) is 38.1 Å². The number of amides is 2. The predicted octanol–water partition coefficient (Wildman–Crippen LogP) is 1.31. The van der Waals surface area contributed by atoms with Gasteiger partial charge in [0.2, 0.25) is 0 Å². The average molecular weight is 334 g/mol. The van der Waals surface area contributed by atoms with Crippen LogP contribution in [0.5, 0.6) is 5.75 Å². The molecule has 0 aliphatic carbocycles. The topological polar surface area (TPSA) is 56.8 Å². The fraction of sp³-hybridized carbons (Fsp3) is 0.611. The first-order chi connectivity index (χ1) is 11.4. The molecule has 1 saturated heterocycles. The first-order valence-electron chi connectivity index (χ1n) is 8.56. The number of likely N-dealkylation sites (N-methyl/N-ethyl adjacent to an activating group) is 2. The summed E-state index contributed by atoms with van der Waals surface area (Å²) in [4.78, 5) is 16.6. The fourth-order valence-corrected chi connectivity index (χ4v) is 2.78. The predicted molar refractivity (Wildman–Crippen MR) is 96.6 cm³/mol. The molecule has 0 saturated carbocycles. The van der Waals surface area contributed by atoms with Crippen molar-refractivity contribution in [3.63, 3.8) is 0 Å². The minimum Gasteiger partial charge on any atom is -0.491 e. The van der Waals surface area contributed by atoms with Gasteiger partial charge in [0.05, 0.1) is 6.04 Å². The molecule has 0 radical (unpaired) electrons. The number of carbonyl (C=O) groups excluding carboxylic acids is 1. The third kappa shape index (κ3) is 6.02. The second-order valence-corrected chi connectivity index (χ2v) is 6.78. The van der Waals surface area contributed by atoms with E-state index in [0.717, 1.165) is 30.9 Å². The number of aryl methyl sites for hydroxylation is 1. The maximum absolute atomic E-state index is 12.0. The van der Waals surface area contributed by atoms with Gasteiger partial charge in [-0.15, -0.1) is 0 Å². The van der Waals surface area contributed by atoms with Crippen molar-refractivity contribution < 1.29 is 9.53 Å². The molecule has 134 valence electrons. The van der Waals surface area contributed by atoms with Crippen LogP contribution in [0.2, 0.25) is 0 Å². The van der Waals surface area contributed by atoms with Crippen molar-refractivity contribution in [2.75, 3.05) is 46.9 Å². The zero-order valence-electron chi connectivity index (χ0n) is 15.2. The van der Waals surface area contributed by atoms with E-state index in [0.29, 0.717) is 19.2 Å². The molecule has 0 spiro atoms. The molecule has 1 aliphatic rings. The fourth-order valence-electron chi connectivity index (χ4n) is 2.78. The van der Waals surface area contributed by atoms with Crippen LogP contribution in [0.3, 0.4) is 0 Å². The van der Waals surface area contributed by atoms with Gasteiger partial charge in [-0.3, -0.25) is 4.90 Å². The number of ether oxygens (including phenoxy) is 1. The summed E-state index contributed by atoms with van der Waals surface area (Å²) in [7, 11) is 4.22. The van der Waals surface area contributed by atoms with E-state index in [-0.39, 0.29) is 12.1 Å². The van der Waals surface area contributed by atoms with Crippen molar-refractivity contribution in [2.45, 2.75) is 25.9 Å². The Hall–Kier alpha value is -1.79. The van der Waals surface area contributed by atoms with Crippen LogP contribution in [0.4, 0.5) is 4.79 Å². The molecule has 24 heavy (non-hydrogen) atoms. The highest BCUT2D eigenvalue weighted by Crippen LogP contribution is 2.12. The molecule has 2 amide bonds. The van der Waals surface area contributed by atoms with Crippen LogP contribution in [-0.2, 0) is 0 Å². The van der Waals surface area contributed by atoms with Crippen molar-refractivity contribution in [1.29, 1.82) is 0 Å². The number of urea groups is 1. The minimum absolute atomic E-state index is 0.0581. The highest BCUT2D eigenvalue weighted by atomic mass is 16.5. The minimum atomic E-state index is -0.142. The van der Waals surface area contributed by atoms with Crippen molar-refractivity contribution in [3.8, 4) is 5.75 Å². The first kappa shape index (κ1) is 18.5. The molecule has 2 atom stereocenters. The van der Waals surface area contributed by atoms with Crippen LogP contribution < -0.4 is 15.4 Å². The SMILES string of the molecule is Cc1cccc(OC[C@H](C)NC(=O)NC[C@H]2CN(C)CCN2C)c1. The second-order valence-electron chi connectivity index (χ2n) is 6.78. The van der Waals surface area contributed by atoms with Crippen LogP contribution in [0, 0.1) is 6.92 Å². The molecule has 2 N–H and O–H groups in total. The lowest BCUT2D eigenvalue weighted by molar-refractivity contribution is 0.114. The number of nitrogens with zero attached hydrogens (tertiary/aromatic N) is 2. The van der Waals surface area contributed by atoms with Crippen molar-refractivity contribution in [3.05, 3.63) is 29.8 Å². The standard InChI is InChI=1S/C18H30N4O2/c1-14-6-5-7-17(10-14)24-13-15(2)20-18(23)19-11-16-12-21(3)8-9-22(16)4/h5-7,10,15-16H,8-9,11-13H2,1-4H3,(H2,19,20,23)/t15-,16-/m0/s1. The Balaban J connectivity index is 1.67. The summed E-state index contributed by atoms with van der Waals surface area (Å²) in [6, 6.07) is 8.06. The number of piperazine rings is 1. The largest absolute Gasteiger partial charge is 0.491 e. The van der Waals surface area contributed by atoms with Gasteiger partial charge in [0, 0.05) is 32.2 Å². The van der Waals surface area contributed by atoms with Gasteiger partial charge in [-0.1, -0.05) is 12.1 Å². The van der Waals surface area contributed by atoms with E-state index in [2.05, 4.69) is 34.5 Å². The monoisotopic (exact) mass is 334 g/mol. The lowest BCUT2D eigenvalue weighted by Crippen LogP contribution is -2.55. The molecule has 6 nitrogen and oxygen atoms in total. The Morgan fingerprint density at radius 1 is 1.38 bits per heavy atom. The normalized spacial score (nSPS) is 20.4. The Morgan fingerprint density at radius 2 is 2.17 bits per heavy atom. The molecule has 1 aromatic rings. The van der Waals surface area contributed by atoms with Gasteiger partial charge in [0.1, 0.15) is 12.4 Å². The van der Waals surface area contributed by atoms with Gasteiger partial charge in [0.15, 0.2) is 0 Å². The Morgan fingerprint density at radius 3 is 2.92 bits per heavy atom. The van der Waals surface area contributed by atoms with Crippen LogP contribution in [0.15, 0.2) is 24.3 Å². The third-order valence-corrected chi connectivity index (χ3v) is 4.35. The number of carbonyl (C=O) groups is 1. The van der Waals surface area contributed by atoms with Gasteiger partial charge in [-0.2, -0.15) is 0 Å². The molecule has 1 aromatic carbocycles. The molecule has 1 heterocycles. The maximum Gasteiger partial charge on any atom is 0.315 e. The molecule has 1 aliphatic heterocycles. The zero-order chi connectivity index (χ0) is 17.5. The number of hydrogen-bond acceptors (Lipinski definition) is 4. The number of nitrogens with one attached hydrogen (secondary N) is 2. The van der Waals surface area contributed by atoms with Crippen molar-refractivity contribution >= 4 is 6.03 Å². The van der Waals surface area contributed by atoms with Gasteiger partial charge in [-0.25, -0.2) is 4.79 Å². The highest BCUT2D eigenvalue weighted by molar-refractivity contribution is 5.74. The summed E-state index contributed by atoms with van der Waals surface area (Å²) in [5.41, 5.74) is 1.16. The second kappa shape index (κ2) is 8.89. The molecule has 1 fully saturated rings. The van der Waals surface area contributed by atoms with E-state index in [1.54, 1.807) is 0 Å². The van der Waals surface area contributed by atoms with Gasteiger partial charge in [-0.05, 0) is 45.6 Å². The van der Waals surface area contributed by atoms with Crippen LogP contribution >= 0.6 is 0 Å². The molecule has 0 unspecified atom stereocenters. The van der Waals surface area contributed by atoms with Crippen LogP contribution in [-0.4, -0.2) is 74.8 Å². The van der Waals surface area contributed by atoms with Gasteiger partial charge >= 0.3 is 6.03 Å². The number of rotatable bonds is 6. The van der Waals surface area contributed by atoms with Crippen LogP contribution in [0.1, 0.15) is 12.5 Å². The lowest BCUT2D eigenvalue weighted by atomic mass is 10.2. The summed E-state index contributed by atoms with van der Waals surface area (Å²) in [6.07, 6.45) is 0. The summed E-state index contributed by atoms with van der Waals surface area (Å²) in [6.45, 7) is 8.15. The third-order valence-electron chi connectivity index (χ3n) is 4.35. The molecule has 2 rings (SSSR count). The van der Waals surface area contributed by atoms with Gasteiger partial charge in [0.25, 0.3) is 0 Å². The van der Waals surface area contributed by atoms with Crippen LogP contribution in [0.25, 0.3) is 0 Å². The molecule has 0 bridgehead atoms. The Labute approximate surface area is 145 Å². The Bertz CT molecular complexity index is 538. The summed E-state index contributed by atoms with van der Waals surface area (Å²) in [5, 5.41) is 5.89. The molecule has 0 aromatic heterocycles. The average Bonchev–Trinajstić information content (AvgIpc) is 2.54. The summed E-state index contributed by atoms with van der Waals surface area (Å²) < 4.78 is 5.72. The van der Waals surface area contributed by atoms with Crippen molar-refractivity contribution in [2.24, 2.45) is 0 Å². The molecular formula is C18H30N4O2. The number of benzene rings is 1. The van der Waals surface area contributed by atoms with Crippen molar-refractivity contribution in [1.82, 2.24) is 20.4 Å². The van der Waals surface area contributed by atoms with E-state index in [1.165, 1.54) is 0 Å². The highest BCUT2D eigenvalue weighted by Gasteiger charge is 2.22.